The van der Waals surface area contributed by atoms with Crippen LogP contribution in [0.25, 0.3) is 0 Å². The SMILES string of the molecule is C#CCSCCNCc1ccc(Cl)cc1Cl. The average molecular weight is 274 g/mol. The van der Waals surface area contributed by atoms with Gasteiger partial charge in [-0.3, -0.25) is 0 Å². The first-order valence-corrected chi connectivity index (χ1v) is 6.81. The van der Waals surface area contributed by atoms with E-state index in [0.717, 1.165) is 30.2 Å². The van der Waals surface area contributed by atoms with Gasteiger partial charge in [-0.15, -0.1) is 18.2 Å². The highest BCUT2D eigenvalue weighted by Gasteiger charge is 2.00. The normalized spacial score (nSPS) is 10.1. The number of thioether (sulfide) groups is 1. The van der Waals surface area contributed by atoms with E-state index in [1.807, 2.05) is 12.1 Å². The molecule has 0 atom stereocenters. The maximum absolute atomic E-state index is 6.04. The lowest BCUT2D eigenvalue weighted by atomic mass is 10.2. The molecular formula is C12H13Cl2NS. The van der Waals surface area contributed by atoms with Crippen molar-refractivity contribution in [2.75, 3.05) is 18.1 Å². The monoisotopic (exact) mass is 273 g/mol. The molecular weight excluding hydrogens is 261 g/mol. The zero-order valence-electron chi connectivity index (χ0n) is 8.80. The zero-order chi connectivity index (χ0) is 11.8. The second-order valence-corrected chi connectivity index (χ2v) is 5.12. The van der Waals surface area contributed by atoms with Gasteiger partial charge in [0.25, 0.3) is 0 Å². The Hall–Kier alpha value is -0.330. The van der Waals surface area contributed by atoms with Crippen molar-refractivity contribution >= 4 is 35.0 Å². The van der Waals surface area contributed by atoms with Gasteiger partial charge in [-0.05, 0) is 17.7 Å². The van der Waals surface area contributed by atoms with E-state index >= 15 is 0 Å². The van der Waals surface area contributed by atoms with Crippen LogP contribution in [0.5, 0.6) is 0 Å². The van der Waals surface area contributed by atoms with E-state index in [9.17, 15) is 0 Å². The van der Waals surface area contributed by atoms with Crippen molar-refractivity contribution in [1.82, 2.24) is 5.32 Å². The third-order valence-corrected chi connectivity index (χ3v) is 3.39. The Morgan fingerprint density at radius 1 is 1.38 bits per heavy atom. The average Bonchev–Trinajstić information content (AvgIpc) is 2.26. The molecule has 0 radical (unpaired) electrons. The summed E-state index contributed by atoms with van der Waals surface area (Å²) in [6, 6.07) is 5.54. The van der Waals surface area contributed by atoms with Crippen LogP contribution in [0.3, 0.4) is 0 Å². The van der Waals surface area contributed by atoms with Gasteiger partial charge in [0.15, 0.2) is 0 Å². The molecule has 0 amide bonds. The Bertz CT molecular complexity index is 374. The summed E-state index contributed by atoms with van der Waals surface area (Å²) in [6.45, 7) is 1.68. The number of terminal acetylenes is 1. The Morgan fingerprint density at radius 2 is 2.19 bits per heavy atom. The van der Waals surface area contributed by atoms with Crippen LogP contribution in [-0.2, 0) is 6.54 Å². The lowest BCUT2D eigenvalue weighted by molar-refractivity contribution is 0.732. The molecule has 0 aromatic heterocycles. The second kappa shape index (κ2) is 7.86. The number of hydrogen-bond donors (Lipinski definition) is 1. The van der Waals surface area contributed by atoms with Crippen LogP contribution in [0.15, 0.2) is 18.2 Å². The Kier molecular flexibility index (Phi) is 6.75. The Balaban J connectivity index is 2.25. The van der Waals surface area contributed by atoms with Crippen molar-refractivity contribution in [3.63, 3.8) is 0 Å². The summed E-state index contributed by atoms with van der Waals surface area (Å²) >= 11 is 13.6. The van der Waals surface area contributed by atoms with Crippen LogP contribution in [-0.4, -0.2) is 18.1 Å². The summed E-state index contributed by atoms with van der Waals surface area (Å²) in [4.78, 5) is 0. The van der Waals surface area contributed by atoms with Gasteiger partial charge < -0.3 is 5.32 Å². The first-order valence-electron chi connectivity index (χ1n) is 4.90. The van der Waals surface area contributed by atoms with Crippen LogP contribution in [0.2, 0.25) is 10.0 Å². The summed E-state index contributed by atoms with van der Waals surface area (Å²) in [5, 5.41) is 4.67. The van der Waals surface area contributed by atoms with Crippen LogP contribution in [0.1, 0.15) is 5.56 Å². The van der Waals surface area contributed by atoms with E-state index in [4.69, 9.17) is 29.6 Å². The largest absolute Gasteiger partial charge is 0.312 e. The molecule has 0 unspecified atom stereocenters. The molecule has 86 valence electrons. The molecule has 1 aromatic carbocycles. The van der Waals surface area contributed by atoms with Crippen molar-refractivity contribution in [3.05, 3.63) is 33.8 Å². The number of benzene rings is 1. The topological polar surface area (TPSA) is 12.0 Å². The second-order valence-electron chi connectivity index (χ2n) is 3.17. The van der Waals surface area contributed by atoms with Gasteiger partial charge in [-0.25, -0.2) is 0 Å². The quantitative estimate of drug-likeness (QED) is 0.630. The maximum Gasteiger partial charge on any atom is 0.0545 e. The van der Waals surface area contributed by atoms with E-state index in [-0.39, 0.29) is 0 Å². The van der Waals surface area contributed by atoms with Crippen LogP contribution in [0.4, 0.5) is 0 Å². The lowest BCUT2D eigenvalue weighted by Gasteiger charge is -2.06. The minimum atomic E-state index is 0.665. The van der Waals surface area contributed by atoms with Crippen molar-refractivity contribution in [3.8, 4) is 12.3 Å². The lowest BCUT2D eigenvalue weighted by Crippen LogP contribution is -2.16. The molecule has 0 saturated heterocycles. The number of nitrogens with one attached hydrogen (secondary N) is 1. The van der Waals surface area contributed by atoms with Gasteiger partial charge in [-0.1, -0.05) is 35.2 Å². The molecule has 1 N–H and O–H groups in total. The van der Waals surface area contributed by atoms with Gasteiger partial charge >= 0.3 is 0 Å². The first kappa shape index (κ1) is 13.7. The van der Waals surface area contributed by atoms with E-state index in [2.05, 4.69) is 11.2 Å². The van der Waals surface area contributed by atoms with E-state index in [0.29, 0.717) is 10.0 Å². The summed E-state index contributed by atoms with van der Waals surface area (Å²) in [6.07, 6.45) is 5.15. The first-order chi connectivity index (χ1) is 7.74. The summed E-state index contributed by atoms with van der Waals surface area (Å²) < 4.78 is 0. The molecule has 0 saturated carbocycles. The third-order valence-electron chi connectivity index (χ3n) is 1.94. The third kappa shape index (κ3) is 5.14. The van der Waals surface area contributed by atoms with Crippen molar-refractivity contribution in [1.29, 1.82) is 0 Å². The molecule has 4 heteroatoms. The fourth-order valence-corrected chi connectivity index (χ4v) is 2.19. The smallest absolute Gasteiger partial charge is 0.0545 e. The molecule has 0 spiro atoms. The fourth-order valence-electron chi connectivity index (χ4n) is 1.16. The summed E-state index contributed by atoms with van der Waals surface area (Å²) in [7, 11) is 0. The Labute approximate surface area is 111 Å². The molecule has 0 bridgehead atoms. The molecule has 1 nitrogen and oxygen atoms in total. The van der Waals surface area contributed by atoms with E-state index in [1.54, 1.807) is 17.8 Å². The molecule has 0 aliphatic heterocycles. The molecule has 1 aromatic rings. The van der Waals surface area contributed by atoms with Crippen LogP contribution < -0.4 is 5.32 Å². The number of hydrogen-bond acceptors (Lipinski definition) is 2. The summed E-state index contributed by atoms with van der Waals surface area (Å²) in [5.41, 5.74) is 1.06. The molecule has 1 rings (SSSR count). The standard InChI is InChI=1S/C12H13Cl2NS/c1-2-6-16-7-5-15-9-10-3-4-11(13)8-12(10)14/h1,3-4,8,15H,5-7,9H2. The molecule has 0 heterocycles. The minimum absolute atomic E-state index is 0.665. The number of halogens is 2. The molecule has 0 aliphatic carbocycles. The highest BCUT2D eigenvalue weighted by Crippen LogP contribution is 2.20. The molecule has 0 aliphatic rings. The highest BCUT2D eigenvalue weighted by atomic mass is 35.5. The zero-order valence-corrected chi connectivity index (χ0v) is 11.1. The van der Waals surface area contributed by atoms with Crippen LogP contribution in [0, 0.1) is 12.3 Å². The fraction of sp³-hybridized carbons (Fsp3) is 0.333. The van der Waals surface area contributed by atoms with Gasteiger partial charge in [-0.2, -0.15) is 0 Å². The maximum atomic E-state index is 6.04. The highest BCUT2D eigenvalue weighted by molar-refractivity contribution is 7.99. The minimum Gasteiger partial charge on any atom is -0.312 e. The number of rotatable bonds is 6. The van der Waals surface area contributed by atoms with Crippen molar-refractivity contribution in [2.45, 2.75) is 6.54 Å². The van der Waals surface area contributed by atoms with E-state index < -0.39 is 0 Å². The molecule has 0 fully saturated rings. The van der Waals surface area contributed by atoms with Gasteiger partial charge in [0.1, 0.15) is 0 Å². The predicted molar refractivity (Wildman–Crippen MR) is 74.3 cm³/mol. The van der Waals surface area contributed by atoms with Crippen molar-refractivity contribution < 1.29 is 0 Å². The van der Waals surface area contributed by atoms with Gasteiger partial charge in [0, 0.05) is 28.9 Å². The summed E-state index contributed by atoms with van der Waals surface area (Å²) in [5.74, 6) is 4.37. The van der Waals surface area contributed by atoms with Crippen molar-refractivity contribution in [2.24, 2.45) is 0 Å². The van der Waals surface area contributed by atoms with Crippen LogP contribution >= 0.6 is 35.0 Å². The van der Waals surface area contributed by atoms with Gasteiger partial charge in [0.2, 0.25) is 0 Å². The molecule has 16 heavy (non-hydrogen) atoms. The predicted octanol–water partition coefficient (Wildman–Crippen LogP) is 3.45. The van der Waals surface area contributed by atoms with Gasteiger partial charge in [0.05, 0.1) is 5.75 Å². The van der Waals surface area contributed by atoms with E-state index in [1.165, 1.54) is 0 Å². The Morgan fingerprint density at radius 3 is 2.88 bits per heavy atom.